The van der Waals surface area contributed by atoms with Crippen LogP contribution in [0.2, 0.25) is 0 Å². The van der Waals surface area contributed by atoms with Gasteiger partial charge in [-0.3, -0.25) is 0 Å². The van der Waals surface area contributed by atoms with E-state index < -0.39 is 0 Å². The molecule has 2 aromatic rings. The highest BCUT2D eigenvalue weighted by Gasteiger charge is 2.24. The zero-order valence-corrected chi connectivity index (χ0v) is 10.7. The second kappa shape index (κ2) is 5.80. The smallest absolute Gasteiger partial charge is 0.0300 e. The van der Waals surface area contributed by atoms with E-state index in [2.05, 4.69) is 24.3 Å². The summed E-state index contributed by atoms with van der Waals surface area (Å²) in [6, 6.07) is 20.5. The topological polar surface area (TPSA) is 52.0 Å². The minimum Gasteiger partial charge on any atom is -0.327 e. The molecule has 2 heteroatoms. The van der Waals surface area contributed by atoms with E-state index in [0.717, 1.165) is 0 Å². The quantitative estimate of drug-likeness (QED) is 0.862. The van der Waals surface area contributed by atoms with Crippen LogP contribution in [0.4, 0.5) is 0 Å². The molecule has 0 aliphatic rings. The van der Waals surface area contributed by atoms with Gasteiger partial charge in [-0.25, -0.2) is 0 Å². The van der Waals surface area contributed by atoms with Crippen LogP contribution in [0.1, 0.15) is 24.0 Å². The Balaban J connectivity index is 2.42. The van der Waals surface area contributed by atoms with Crippen molar-refractivity contribution in [2.45, 2.75) is 24.9 Å². The van der Waals surface area contributed by atoms with Crippen molar-refractivity contribution in [2.24, 2.45) is 11.5 Å². The molecule has 18 heavy (non-hydrogen) atoms. The minimum atomic E-state index is -0.0881. The molecule has 2 aromatic carbocycles. The molecular formula is C16H20N2. The summed E-state index contributed by atoms with van der Waals surface area (Å²) in [5, 5.41) is 0. The van der Waals surface area contributed by atoms with E-state index in [1.54, 1.807) is 0 Å². The molecule has 0 saturated carbocycles. The Hall–Kier alpha value is -1.64. The molecule has 0 aliphatic heterocycles. The molecule has 0 amide bonds. The van der Waals surface area contributed by atoms with Gasteiger partial charge in [-0.2, -0.15) is 0 Å². The third-order valence-corrected chi connectivity index (χ3v) is 3.31. The fourth-order valence-electron chi connectivity index (χ4n) is 2.26. The molecule has 0 saturated heterocycles. The van der Waals surface area contributed by atoms with Crippen molar-refractivity contribution < 1.29 is 0 Å². The second-order valence-corrected chi connectivity index (χ2v) is 4.74. The summed E-state index contributed by atoms with van der Waals surface area (Å²) in [6.45, 7) is 1.96. The van der Waals surface area contributed by atoms with Crippen LogP contribution in [0.15, 0.2) is 60.7 Å². The first-order valence-corrected chi connectivity index (χ1v) is 6.31. The van der Waals surface area contributed by atoms with Gasteiger partial charge < -0.3 is 11.5 Å². The summed E-state index contributed by atoms with van der Waals surface area (Å²) in [5.41, 5.74) is 14.7. The zero-order valence-electron chi connectivity index (χ0n) is 10.7. The van der Waals surface area contributed by atoms with Gasteiger partial charge in [0.15, 0.2) is 0 Å². The van der Waals surface area contributed by atoms with Crippen molar-refractivity contribution in [3.8, 4) is 0 Å². The van der Waals surface area contributed by atoms with Crippen LogP contribution in [0.25, 0.3) is 0 Å². The lowest BCUT2D eigenvalue weighted by molar-refractivity contribution is 0.508. The van der Waals surface area contributed by atoms with Gasteiger partial charge >= 0.3 is 0 Å². The van der Waals surface area contributed by atoms with E-state index in [1.165, 1.54) is 11.1 Å². The van der Waals surface area contributed by atoms with Crippen LogP contribution in [0, 0.1) is 0 Å². The highest BCUT2D eigenvalue weighted by atomic mass is 14.8. The van der Waals surface area contributed by atoms with Gasteiger partial charge in [-0.05, 0) is 18.1 Å². The van der Waals surface area contributed by atoms with Gasteiger partial charge in [-0.1, -0.05) is 60.7 Å². The summed E-state index contributed by atoms with van der Waals surface area (Å²) >= 11 is 0. The Kier molecular flexibility index (Phi) is 4.13. The predicted octanol–water partition coefficient (Wildman–Crippen LogP) is 2.49. The van der Waals surface area contributed by atoms with E-state index in [-0.39, 0.29) is 18.0 Å². The molecule has 0 fully saturated rings. The van der Waals surface area contributed by atoms with Crippen LogP contribution >= 0.6 is 0 Å². The Morgan fingerprint density at radius 1 is 0.722 bits per heavy atom. The molecule has 2 atom stereocenters. The number of hydrogen-bond donors (Lipinski definition) is 2. The molecule has 2 nitrogen and oxygen atoms in total. The summed E-state index contributed by atoms with van der Waals surface area (Å²) in [6.07, 6.45) is 0. The second-order valence-electron chi connectivity index (χ2n) is 4.74. The summed E-state index contributed by atoms with van der Waals surface area (Å²) in [4.78, 5) is 0. The molecule has 4 N–H and O–H groups in total. The predicted molar refractivity (Wildman–Crippen MR) is 76.4 cm³/mol. The summed E-state index contributed by atoms with van der Waals surface area (Å²) in [7, 11) is 0. The van der Waals surface area contributed by atoms with Crippen molar-refractivity contribution in [1.82, 2.24) is 0 Å². The first-order valence-electron chi connectivity index (χ1n) is 6.31. The first-order chi connectivity index (χ1) is 8.70. The van der Waals surface area contributed by atoms with E-state index in [9.17, 15) is 0 Å². The number of benzene rings is 2. The highest BCUT2D eigenvalue weighted by Crippen LogP contribution is 2.27. The molecule has 94 valence electrons. The molecule has 2 unspecified atom stereocenters. The molecule has 2 rings (SSSR count). The first kappa shape index (κ1) is 12.8. The van der Waals surface area contributed by atoms with Crippen LogP contribution in [-0.4, -0.2) is 12.1 Å². The van der Waals surface area contributed by atoms with Gasteiger partial charge in [0.25, 0.3) is 0 Å². The van der Waals surface area contributed by atoms with Gasteiger partial charge in [0.1, 0.15) is 0 Å². The van der Waals surface area contributed by atoms with Crippen molar-refractivity contribution >= 4 is 0 Å². The average molecular weight is 240 g/mol. The maximum atomic E-state index is 6.30. The van der Waals surface area contributed by atoms with Crippen molar-refractivity contribution in [1.29, 1.82) is 0 Å². The van der Waals surface area contributed by atoms with Gasteiger partial charge in [0, 0.05) is 18.0 Å². The van der Waals surface area contributed by atoms with E-state index in [1.807, 2.05) is 43.3 Å². The fraction of sp³-hybridized carbons (Fsp3) is 0.250. The molecular weight excluding hydrogens is 220 g/mol. The average Bonchev–Trinajstić information content (AvgIpc) is 2.41. The van der Waals surface area contributed by atoms with Crippen LogP contribution in [-0.2, 0) is 0 Å². The number of nitrogens with two attached hydrogens (primary N) is 2. The summed E-state index contributed by atoms with van der Waals surface area (Å²) < 4.78 is 0. The van der Waals surface area contributed by atoms with E-state index in [0.29, 0.717) is 0 Å². The monoisotopic (exact) mass is 240 g/mol. The lowest BCUT2D eigenvalue weighted by atomic mass is 9.83. The maximum Gasteiger partial charge on any atom is 0.0300 e. The lowest BCUT2D eigenvalue weighted by Crippen LogP contribution is -2.43. The molecule has 0 aliphatic carbocycles. The van der Waals surface area contributed by atoms with Crippen LogP contribution in [0.3, 0.4) is 0 Å². The lowest BCUT2D eigenvalue weighted by Gasteiger charge is -2.27. The van der Waals surface area contributed by atoms with Crippen molar-refractivity contribution in [2.75, 3.05) is 0 Å². The fourth-order valence-corrected chi connectivity index (χ4v) is 2.26. The molecule has 0 bridgehead atoms. The largest absolute Gasteiger partial charge is 0.327 e. The van der Waals surface area contributed by atoms with Gasteiger partial charge in [0.05, 0.1) is 0 Å². The van der Waals surface area contributed by atoms with Gasteiger partial charge in [0.2, 0.25) is 0 Å². The summed E-state index contributed by atoms with van der Waals surface area (Å²) in [5.74, 6) is 0.146. The third-order valence-electron chi connectivity index (χ3n) is 3.31. The Labute approximate surface area is 109 Å². The maximum absolute atomic E-state index is 6.30. The molecule has 0 radical (unpaired) electrons. The molecule has 0 heterocycles. The normalized spacial score (nSPS) is 14.4. The number of rotatable bonds is 4. The standard InChI is InChI=1S/C16H20N2/c1-12(17)16(18)15(13-8-4-2-5-9-13)14-10-6-3-7-11-14/h2-12,15-16H,17-18H2,1H3. The Morgan fingerprint density at radius 2 is 1.11 bits per heavy atom. The minimum absolute atomic E-state index is 0.0459. The number of hydrogen-bond acceptors (Lipinski definition) is 2. The molecule has 0 spiro atoms. The van der Waals surface area contributed by atoms with E-state index >= 15 is 0 Å². The highest BCUT2D eigenvalue weighted by molar-refractivity contribution is 5.34. The van der Waals surface area contributed by atoms with Crippen molar-refractivity contribution in [3.05, 3.63) is 71.8 Å². The third kappa shape index (κ3) is 2.78. The Bertz CT molecular complexity index is 425. The zero-order chi connectivity index (χ0) is 13.0. The van der Waals surface area contributed by atoms with Gasteiger partial charge in [-0.15, -0.1) is 0 Å². The van der Waals surface area contributed by atoms with Crippen molar-refractivity contribution in [3.63, 3.8) is 0 Å². The van der Waals surface area contributed by atoms with Crippen LogP contribution in [0.5, 0.6) is 0 Å². The van der Waals surface area contributed by atoms with E-state index in [4.69, 9.17) is 11.5 Å². The van der Waals surface area contributed by atoms with Crippen LogP contribution < -0.4 is 11.5 Å². The SMILES string of the molecule is CC(N)C(N)C(c1ccccc1)c1ccccc1. The Morgan fingerprint density at radius 3 is 1.44 bits per heavy atom. The molecule has 0 aromatic heterocycles.